The molecule has 5 rings (SSSR count). The highest BCUT2D eigenvalue weighted by molar-refractivity contribution is 6.05. The highest BCUT2D eigenvalue weighted by Crippen LogP contribution is 2.29. The number of aromatic nitrogens is 5. The number of halogens is 1. The Balaban J connectivity index is 2.01. The minimum Gasteiger partial charge on any atom is -0.293 e. The van der Waals surface area contributed by atoms with E-state index >= 15 is 0 Å². The van der Waals surface area contributed by atoms with Crippen molar-refractivity contribution in [2.75, 3.05) is 0 Å². The van der Waals surface area contributed by atoms with Gasteiger partial charge in [-0.3, -0.25) is 13.9 Å². The van der Waals surface area contributed by atoms with Crippen LogP contribution in [-0.2, 0) is 0 Å². The molecular formula is C23H20FN5O. The number of aryl methyl sites for hydroxylation is 1. The Kier molecular flexibility index (Phi) is 4.13. The van der Waals surface area contributed by atoms with Gasteiger partial charge in [0.1, 0.15) is 22.5 Å². The molecule has 0 fully saturated rings. The third kappa shape index (κ3) is 2.62. The van der Waals surface area contributed by atoms with Crippen LogP contribution < -0.4 is 5.56 Å². The van der Waals surface area contributed by atoms with E-state index in [2.05, 4.69) is 0 Å². The van der Waals surface area contributed by atoms with Crippen molar-refractivity contribution >= 4 is 33.2 Å². The molecule has 0 N–H and O–H groups in total. The van der Waals surface area contributed by atoms with Gasteiger partial charge in [-0.2, -0.15) is 0 Å². The summed E-state index contributed by atoms with van der Waals surface area (Å²) in [7, 11) is 0. The number of rotatable bonds is 3. The summed E-state index contributed by atoms with van der Waals surface area (Å²) >= 11 is 0. The summed E-state index contributed by atoms with van der Waals surface area (Å²) in [5.41, 5.74) is 3.47. The normalized spacial score (nSPS) is 12.8. The molecule has 1 atom stereocenters. The minimum atomic E-state index is -0.334. The Bertz CT molecular complexity index is 1480. The molecule has 0 aliphatic heterocycles. The fourth-order valence-electron chi connectivity index (χ4n) is 3.95. The summed E-state index contributed by atoms with van der Waals surface area (Å²) in [6.07, 6.45) is 0.805. The van der Waals surface area contributed by atoms with Crippen LogP contribution in [0.2, 0.25) is 0 Å². The Morgan fingerprint density at radius 1 is 0.967 bits per heavy atom. The molecule has 6 nitrogen and oxygen atoms in total. The first-order valence-electron chi connectivity index (χ1n) is 9.95. The fourth-order valence-corrected chi connectivity index (χ4v) is 3.95. The lowest BCUT2D eigenvalue weighted by Gasteiger charge is -2.16. The van der Waals surface area contributed by atoms with E-state index in [0.717, 1.165) is 11.9 Å². The molecule has 0 saturated heterocycles. The maximum atomic E-state index is 13.6. The molecule has 0 aliphatic carbocycles. The van der Waals surface area contributed by atoms with Gasteiger partial charge in [0, 0.05) is 11.7 Å². The van der Waals surface area contributed by atoms with Gasteiger partial charge in [-0.25, -0.2) is 19.3 Å². The van der Waals surface area contributed by atoms with E-state index < -0.39 is 0 Å². The largest absolute Gasteiger partial charge is 0.293 e. The molecule has 2 aromatic carbocycles. The number of para-hydroxylation sites is 2. The first-order valence-corrected chi connectivity index (χ1v) is 9.95. The van der Waals surface area contributed by atoms with Crippen LogP contribution in [0.15, 0.2) is 53.3 Å². The number of benzene rings is 2. The molecule has 150 valence electrons. The third-order valence-corrected chi connectivity index (χ3v) is 5.60. The van der Waals surface area contributed by atoms with Gasteiger partial charge in [-0.05, 0) is 56.7 Å². The molecule has 3 heterocycles. The van der Waals surface area contributed by atoms with Crippen LogP contribution in [0.4, 0.5) is 4.39 Å². The molecule has 3 aromatic heterocycles. The molecule has 30 heavy (non-hydrogen) atoms. The topological polar surface area (TPSA) is 65.6 Å². The maximum absolute atomic E-state index is 13.6. The van der Waals surface area contributed by atoms with Crippen molar-refractivity contribution in [1.82, 2.24) is 24.1 Å². The predicted molar refractivity (Wildman–Crippen MR) is 116 cm³/mol. The molecule has 0 saturated carbocycles. The van der Waals surface area contributed by atoms with Crippen molar-refractivity contribution in [3.8, 4) is 5.69 Å². The summed E-state index contributed by atoms with van der Waals surface area (Å²) < 4.78 is 17.1. The van der Waals surface area contributed by atoms with Crippen molar-refractivity contribution in [2.45, 2.75) is 33.2 Å². The number of hydrogen-bond donors (Lipinski definition) is 0. The molecule has 0 radical (unpaired) electrons. The van der Waals surface area contributed by atoms with Crippen LogP contribution in [0.25, 0.3) is 38.9 Å². The van der Waals surface area contributed by atoms with Crippen molar-refractivity contribution in [3.05, 3.63) is 70.5 Å². The van der Waals surface area contributed by atoms with Gasteiger partial charge < -0.3 is 0 Å². The Morgan fingerprint density at radius 2 is 1.63 bits per heavy atom. The van der Waals surface area contributed by atoms with E-state index in [0.29, 0.717) is 39.2 Å². The van der Waals surface area contributed by atoms with Crippen molar-refractivity contribution < 1.29 is 4.39 Å². The monoisotopic (exact) mass is 401 g/mol. The molecule has 7 heteroatoms. The molecule has 0 bridgehead atoms. The smallest absolute Gasteiger partial charge is 0.265 e. The lowest BCUT2D eigenvalue weighted by Crippen LogP contribution is -2.26. The van der Waals surface area contributed by atoms with Gasteiger partial charge in [0.05, 0.1) is 11.0 Å². The van der Waals surface area contributed by atoms with E-state index in [4.69, 9.17) is 15.0 Å². The van der Waals surface area contributed by atoms with Crippen LogP contribution in [-0.4, -0.2) is 24.1 Å². The molecule has 0 unspecified atom stereocenters. The third-order valence-electron chi connectivity index (χ3n) is 5.60. The van der Waals surface area contributed by atoms with E-state index in [1.165, 1.54) is 12.1 Å². The van der Waals surface area contributed by atoms with Crippen LogP contribution in [0, 0.1) is 12.7 Å². The molecule has 0 spiro atoms. The van der Waals surface area contributed by atoms with Crippen LogP contribution in [0.5, 0.6) is 0 Å². The average Bonchev–Trinajstić information content (AvgIpc) is 3.05. The zero-order chi connectivity index (χ0) is 21.0. The van der Waals surface area contributed by atoms with Gasteiger partial charge in [-0.1, -0.05) is 19.1 Å². The van der Waals surface area contributed by atoms with Gasteiger partial charge in [0.15, 0.2) is 11.3 Å². The van der Waals surface area contributed by atoms with Gasteiger partial charge in [0.2, 0.25) is 0 Å². The minimum absolute atomic E-state index is 0.00652. The zero-order valence-electron chi connectivity index (χ0n) is 16.9. The van der Waals surface area contributed by atoms with E-state index in [9.17, 15) is 9.18 Å². The van der Waals surface area contributed by atoms with Crippen molar-refractivity contribution in [2.24, 2.45) is 0 Å². The molecule has 0 aliphatic rings. The second kappa shape index (κ2) is 6.73. The number of nitrogens with zero attached hydrogens (tertiary/aromatic N) is 5. The Hall–Kier alpha value is -3.61. The first-order chi connectivity index (χ1) is 14.5. The second-order valence-corrected chi connectivity index (χ2v) is 7.49. The van der Waals surface area contributed by atoms with Crippen LogP contribution >= 0.6 is 0 Å². The standard InChI is InChI=1S/C23H20FN5O/c1-4-13(2)28-14(3)25-21-19(23(28)30)20-22(27-18-8-6-5-7-17(18)26-20)29(21)16-11-9-15(24)10-12-16/h5-13H,4H2,1-3H3/t13-/m0/s1. The first kappa shape index (κ1) is 18.4. The van der Waals surface area contributed by atoms with E-state index in [1.54, 1.807) is 21.3 Å². The van der Waals surface area contributed by atoms with Crippen molar-refractivity contribution in [3.63, 3.8) is 0 Å². The maximum Gasteiger partial charge on any atom is 0.265 e. The lowest BCUT2D eigenvalue weighted by atomic mass is 10.2. The van der Waals surface area contributed by atoms with Gasteiger partial charge >= 0.3 is 0 Å². The van der Waals surface area contributed by atoms with Gasteiger partial charge in [0.25, 0.3) is 5.56 Å². The Labute approximate surface area is 171 Å². The second-order valence-electron chi connectivity index (χ2n) is 7.49. The van der Waals surface area contributed by atoms with Crippen LogP contribution in [0.1, 0.15) is 32.1 Å². The van der Waals surface area contributed by atoms with E-state index in [1.807, 2.05) is 45.0 Å². The fraction of sp³-hybridized carbons (Fsp3) is 0.217. The van der Waals surface area contributed by atoms with Crippen LogP contribution in [0.3, 0.4) is 0 Å². The quantitative estimate of drug-likeness (QED) is 0.439. The van der Waals surface area contributed by atoms with Gasteiger partial charge in [-0.15, -0.1) is 0 Å². The number of fused-ring (bicyclic) bond motifs is 4. The highest BCUT2D eigenvalue weighted by Gasteiger charge is 2.23. The molecular weight excluding hydrogens is 381 g/mol. The Morgan fingerprint density at radius 3 is 2.30 bits per heavy atom. The summed E-state index contributed by atoms with van der Waals surface area (Å²) in [5.74, 6) is 0.289. The lowest BCUT2D eigenvalue weighted by molar-refractivity contribution is 0.497. The summed E-state index contributed by atoms with van der Waals surface area (Å²) in [5, 5.41) is 0.429. The number of hydrogen-bond acceptors (Lipinski definition) is 4. The molecule has 5 aromatic rings. The summed E-state index contributed by atoms with van der Waals surface area (Å²) in [6.45, 7) is 5.87. The summed E-state index contributed by atoms with van der Waals surface area (Å²) in [6, 6.07) is 13.6. The predicted octanol–water partition coefficient (Wildman–Crippen LogP) is 4.70. The van der Waals surface area contributed by atoms with E-state index in [-0.39, 0.29) is 17.4 Å². The zero-order valence-corrected chi connectivity index (χ0v) is 16.9. The SMILES string of the molecule is CC[C@H](C)n1c(C)nc2c(c1=O)c1nc3ccccc3nc1n2-c1ccc(F)cc1. The van der Waals surface area contributed by atoms with Crippen molar-refractivity contribution in [1.29, 1.82) is 0 Å². The average molecular weight is 401 g/mol. The highest BCUT2D eigenvalue weighted by atomic mass is 19.1. The summed E-state index contributed by atoms with van der Waals surface area (Å²) in [4.78, 5) is 27.9. The molecule has 0 amide bonds.